The van der Waals surface area contributed by atoms with Crippen molar-refractivity contribution in [1.82, 2.24) is 4.57 Å². The lowest BCUT2D eigenvalue weighted by atomic mass is 9.49. The van der Waals surface area contributed by atoms with E-state index in [1.807, 2.05) is 0 Å². The number of alkyl halides is 4. The first-order valence-corrected chi connectivity index (χ1v) is 12.4. The third kappa shape index (κ3) is 4.01. The van der Waals surface area contributed by atoms with Gasteiger partial charge in [0.05, 0.1) is 11.0 Å². The van der Waals surface area contributed by atoms with Crippen molar-refractivity contribution in [1.29, 1.82) is 0 Å². The summed E-state index contributed by atoms with van der Waals surface area (Å²) < 4.78 is 46.7. The largest absolute Gasteiger partial charge is 0.457 e. The molecule has 4 aliphatic rings. The highest BCUT2D eigenvalue weighted by molar-refractivity contribution is 9.10. The van der Waals surface area contributed by atoms with Crippen molar-refractivity contribution in [2.45, 2.75) is 62.9 Å². The lowest BCUT2D eigenvalue weighted by Crippen LogP contribution is -2.56. The number of nitrogens with zero attached hydrogens (tertiary/aromatic N) is 1. The van der Waals surface area contributed by atoms with Gasteiger partial charge in [0.15, 0.2) is 6.61 Å². The summed E-state index contributed by atoms with van der Waals surface area (Å²) in [6.07, 6.45) is 1.32. The Morgan fingerprint density at radius 1 is 1.12 bits per heavy atom. The van der Waals surface area contributed by atoms with Crippen LogP contribution in [0.15, 0.2) is 30.3 Å². The van der Waals surface area contributed by atoms with E-state index in [1.54, 1.807) is 30.5 Å². The normalized spacial score (nSPS) is 29.9. The molecule has 4 aliphatic carbocycles. The molecule has 0 spiro atoms. The van der Waals surface area contributed by atoms with Crippen LogP contribution in [-0.2, 0) is 15.7 Å². The fraction of sp³-hybridized carbons (Fsp3) is 0.538. The Morgan fingerprint density at radius 2 is 1.79 bits per heavy atom. The molecule has 4 nitrogen and oxygen atoms in total. The maximum atomic E-state index is 13.2. The Morgan fingerprint density at radius 3 is 2.41 bits per heavy atom. The first-order chi connectivity index (χ1) is 15.9. The zero-order chi connectivity index (χ0) is 24.5. The SMILES string of the molecule is Cc1cc(C(=O)COC(=O)C23CC4CC(CC(Br)(C4)C2)C3)c(C)n1-c1cccc(C(F)(F)F)c1. The number of carbonyl (C=O) groups excluding carboxylic acids is 2. The summed E-state index contributed by atoms with van der Waals surface area (Å²) in [5.41, 5.74) is 0.575. The average molecular weight is 538 g/mol. The monoisotopic (exact) mass is 537 g/mol. The average Bonchev–Trinajstić information content (AvgIpc) is 3.03. The number of carbonyl (C=O) groups is 2. The van der Waals surface area contributed by atoms with Gasteiger partial charge in [-0.05, 0) is 88.5 Å². The molecule has 4 bridgehead atoms. The van der Waals surface area contributed by atoms with E-state index in [2.05, 4.69) is 15.9 Å². The highest BCUT2D eigenvalue weighted by atomic mass is 79.9. The smallest absolute Gasteiger partial charge is 0.416 e. The van der Waals surface area contributed by atoms with E-state index in [4.69, 9.17) is 4.74 Å². The zero-order valence-corrected chi connectivity index (χ0v) is 20.8. The van der Waals surface area contributed by atoms with Crippen LogP contribution >= 0.6 is 15.9 Å². The third-order valence-electron chi connectivity index (χ3n) is 7.92. The Bertz CT molecular complexity index is 1150. The van der Waals surface area contributed by atoms with Crippen molar-refractivity contribution in [2.24, 2.45) is 17.3 Å². The molecule has 6 rings (SSSR count). The van der Waals surface area contributed by atoms with E-state index < -0.39 is 17.2 Å². The van der Waals surface area contributed by atoms with Crippen LogP contribution in [0.3, 0.4) is 0 Å². The molecule has 4 saturated carbocycles. The summed E-state index contributed by atoms with van der Waals surface area (Å²) >= 11 is 3.89. The number of ether oxygens (including phenoxy) is 1. The van der Waals surface area contributed by atoms with Gasteiger partial charge in [-0.2, -0.15) is 13.2 Å². The molecule has 34 heavy (non-hydrogen) atoms. The molecular weight excluding hydrogens is 511 g/mol. The fourth-order valence-corrected chi connectivity index (χ4v) is 8.47. The van der Waals surface area contributed by atoms with Gasteiger partial charge >= 0.3 is 12.1 Å². The molecule has 1 aromatic heterocycles. The van der Waals surface area contributed by atoms with Crippen LogP contribution in [0.25, 0.3) is 5.69 Å². The second kappa shape index (κ2) is 7.97. The fourth-order valence-electron chi connectivity index (χ4n) is 7.02. The van der Waals surface area contributed by atoms with Gasteiger partial charge in [0.25, 0.3) is 0 Å². The number of halogens is 4. The highest BCUT2D eigenvalue weighted by Gasteiger charge is 2.60. The molecule has 0 radical (unpaired) electrons. The van der Waals surface area contributed by atoms with Crippen molar-refractivity contribution in [3.05, 3.63) is 52.8 Å². The van der Waals surface area contributed by atoms with E-state index in [0.29, 0.717) is 34.5 Å². The first-order valence-electron chi connectivity index (χ1n) is 11.7. The van der Waals surface area contributed by atoms with Crippen LogP contribution < -0.4 is 0 Å². The van der Waals surface area contributed by atoms with Gasteiger partial charge in [0.2, 0.25) is 5.78 Å². The zero-order valence-electron chi connectivity index (χ0n) is 19.2. The molecule has 182 valence electrons. The van der Waals surface area contributed by atoms with Gasteiger partial charge in [-0.3, -0.25) is 9.59 Å². The van der Waals surface area contributed by atoms with Gasteiger partial charge < -0.3 is 9.30 Å². The van der Waals surface area contributed by atoms with Crippen molar-refractivity contribution in [3.63, 3.8) is 0 Å². The number of benzene rings is 1. The van der Waals surface area contributed by atoms with Gasteiger partial charge in [-0.15, -0.1) is 0 Å². The standard InChI is InChI=1S/C26H27BrF3NO3/c1-15-6-21(16(2)31(15)20-5-3-4-19(8-20)26(28,29)30)22(32)13-34-23(33)24-9-17-7-18(10-24)12-25(27,11-17)14-24/h3-6,8,17-18H,7,9-14H2,1-2H3. The van der Waals surface area contributed by atoms with E-state index in [0.717, 1.165) is 44.2 Å². The summed E-state index contributed by atoms with van der Waals surface area (Å²) in [4.78, 5) is 26.2. The molecule has 4 fully saturated rings. The van der Waals surface area contributed by atoms with Crippen LogP contribution in [0.1, 0.15) is 65.8 Å². The maximum Gasteiger partial charge on any atom is 0.416 e. The van der Waals surface area contributed by atoms with Gasteiger partial charge in [0.1, 0.15) is 0 Å². The van der Waals surface area contributed by atoms with Gasteiger partial charge in [-0.25, -0.2) is 0 Å². The molecule has 1 aromatic carbocycles. The van der Waals surface area contributed by atoms with Crippen molar-refractivity contribution in [3.8, 4) is 5.69 Å². The number of hydrogen-bond donors (Lipinski definition) is 0. The molecule has 0 amide bonds. The van der Waals surface area contributed by atoms with Crippen molar-refractivity contribution in [2.75, 3.05) is 6.61 Å². The minimum absolute atomic E-state index is 0.00990. The van der Waals surface area contributed by atoms with Crippen LogP contribution in [0.4, 0.5) is 13.2 Å². The van der Waals surface area contributed by atoms with Crippen LogP contribution in [0.5, 0.6) is 0 Å². The number of aryl methyl sites for hydroxylation is 1. The topological polar surface area (TPSA) is 48.3 Å². The highest BCUT2D eigenvalue weighted by Crippen LogP contribution is 2.64. The van der Waals surface area contributed by atoms with E-state index in [-0.39, 0.29) is 22.7 Å². The molecule has 2 aromatic rings. The molecule has 8 heteroatoms. The minimum Gasteiger partial charge on any atom is -0.457 e. The molecule has 1 heterocycles. The van der Waals surface area contributed by atoms with Crippen molar-refractivity contribution >= 4 is 27.7 Å². The number of Topliss-reactive ketones (excluding diaryl/α,β-unsaturated/α-hetero) is 1. The van der Waals surface area contributed by atoms with Crippen LogP contribution in [0, 0.1) is 31.1 Å². The van der Waals surface area contributed by atoms with Crippen molar-refractivity contribution < 1.29 is 27.5 Å². The number of aromatic nitrogens is 1. The summed E-state index contributed by atoms with van der Waals surface area (Å²) in [6.45, 7) is 3.06. The minimum atomic E-state index is -4.46. The van der Waals surface area contributed by atoms with E-state index >= 15 is 0 Å². The molecule has 2 atom stereocenters. The summed E-state index contributed by atoms with van der Waals surface area (Å²) in [5, 5.41) is 0. The lowest BCUT2D eigenvalue weighted by Gasteiger charge is -2.58. The Balaban J connectivity index is 1.32. The first kappa shape index (κ1) is 23.6. The Labute approximate surface area is 205 Å². The summed E-state index contributed by atoms with van der Waals surface area (Å²) in [6, 6.07) is 6.65. The predicted molar refractivity (Wildman–Crippen MR) is 124 cm³/mol. The summed E-state index contributed by atoms with van der Waals surface area (Å²) in [5.74, 6) is 0.411. The van der Waals surface area contributed by atoms with E-state index in [1.165, 1.54) is 12.5 Å². The maximum absolute atomic E-state index is 13.2. The molecule has 0 aliphatic heterocycles. The van der Waals surface area contributed by atoms with Crippen LogP contribution in [-0.4, -0.2) is 27.3 Å². The Kier molecular flexibility index (Phi) is 5.54. The molecule has 2 unspecified atom stereocenters. The third-order valence-corrected chi connectivity index (χ3v) is 8.85. The number of rotatable bonds is 5. The molecular formula is C26H27BrF3NO3. The van der Waals surface area contributed by atoms with Gasteiger partial charge in [0, 0.05) is 27.0 Å². The number of hydrogen-bond acceptors (Lipinski definition) is 3. The Hall–Kier alpha value is -2.09. The lowest BCUT2D eigenvalue weighted by molar-refractivity contribution is -0.168. The van der Waals surface area contributed by atoms with Gasteiger partial charge in [-0.1, -0.05) is 22.0 Å². The molecule has 0 saturated heterocycles. The summed E-state index contributed by atoms with van der Waals surface area (Å²) in [7, 11) is 0. The van der Waals surface area contributed by atoms with Crippen LogP contribution in [0.2, 0.25) is 0 Å². The molecule has 0 N–H and O–H groups in total. The number of esters is 1. The predicted octanol–water partition coefficient (Wildman–Crippen LogP) is 6.57. The second-order valence-electron chi connectivity index (χ2n) is 10.6. The number of ketones is 1. The quantitative estimate of drug-likeness (QED) is 0.246. The second-order valence-corrected chi connectivity index (χ2v) is 12.2. The van der Waals surface area contributed by atoms with E-state index in [9.17, 15) is 22.8 Å².